The minimum Gasteiger partial charge on any atom is -0.264 e. The lowest BCUT2D eigenvalue weighted by Crippen LogP contribution is -1.66. The lowest BCUT2D eigenvalue weighted by atomic mass is 10.8. The van der Waals surface area contributed by atoms with Gasteiger partial charge in [-0.25, -0.2) is 3.21 Å². The van der Waals surface area contributed by atoms with Crippen molar-refractivity contribution in [3.63, 3.8) is 0 Å². The highest BCUT2D eigenvalue weighted by atomic mass is 127. The molecule has 0 N–H and O–H groups in total. The summed E-state index contributed by atoms with van der Waals surface area (Å²) < 4.78 is 3.62. The van der Waals surface area contributed by atoms with E-state index in [0.717, 1.165) is 0 Å². The number of halogens is 1. The zero-order valence-corrected chi connectivity index (χ0v) is 5.87. The highest BCUT2D eigenvalue weighted by molar-refractivity contribution is 14.1. The van der Waals surface area contributed by atoms with Gasteiger partial charge in [0, 0.05) is 12.4 Å². The quantitative estimate of drug-likeness (QED) is 0.486. The van der Waals surface area contributed by atoms with Crippen LogP contribution in [0.15, 0.2) is 21.0 Å². The summed E-state index contributed by atoms with van der Waals surface area (Å²) in [6, 6.07) is 0. The summed E-state index contributed by atoms with van der Waals surface area (Å²) in [6.45, 7) is 3.37. The lowest BCUT2D eigenvalue weighted by Gasteiger charge is -1.64. The molecule has 0 spiro atoms. The molecule has 3 heteroatoms. The second kappa shape index (κ2) is 5.81. The van der Waals surface area contributed by atoms with E-state index in [1.54, 1.807) is 12.4 Å². The number of aliphatic imine (C=N–C) groups is 1. The van der Waals surface area contributed by atoms with Crippen LogP contribution in [0.1, 0.15) is 0 Å². The van der Waals surface area contributed by atoms with E-state index in [9.17, 15) is 0 Å². The molecule has 0 bridgehead atoms. The van der Waals surface area contributed by atoms with Crippen LogP contribution in [0.2, 0.25) is 0 Å². The topological polar surface area (TPSA) is 24.7 Å². The van der Waals surface area contributed by atoms with E-state index >= 15 is 0 Å². The zero-order chi connectivity index (χ0) is 5.54. The third-order valence-corrected chi connectivity index (χ3v) is 0.636. The molecule has 0 unspecified atom stereocenters. The molecule has 0 aromatic carbocycles. The molecular formula is C4H5IN2. The van der Waals surface area contributed by atoms with Gasteiger partial charge in [-0.15, -0.1) is 0 Å². The van der Waals surface area contributed by atoms with Gasteiger partial charge in [0.2, 0.25) is 0 Å². The van der Waals surface area contributed by atoms with Gasteiger partial charge in [0.15, 0.2) is 0 Å². The first-order valence-corrected chi connectivity index (χ1v) is 2.65. The minimum absolute atomic E-state index is 1.46. The second-order valence-corrected chi connectivity index (χ2v) is 1.28. The molecule has 2 nitrogen and oxygen atoms in total. The smallest absolute Gasteiger partial charge is 0.0831 e. The van der Waals surface area contributed by atoms with Crippen molar-refractivity contribution in [2.24, 2.45) is 8.20 Å². The third kappa shape index (κ3) is 5.81. The predicted molar refractivity (Wildman–Crippen MR) is 41.2 cm³/mol. The Hall–Kier alpha value is -0.190. The van der Waals surface area contributed by atoms with Gasteiger partial charge in [-0.1, -0.05) is 6.58 Å². The van der Waals surface area contributed by atoms with Crippen LogP contribution in [0.25, 0.3) is 0 Å². The molecule has 38 valence electrons. The Morgan fingerprint density at radius 1 is 1.43 bits per heavy atom. The van der Waals surface area contributed by atoms with Gasteiger partial charge in [0.05, 0.1) is 29.1 Å². The van der Waals surface area contributed by atoms with E-state index in [2.05, 4.69) is 14.8 Å². The van der Waals surface area contributed by atoms with Crippen molar-refractivity contribution in [3.05, 3.63) is 12.8 Å². The number of nitrogens with zero attached hydrogens (tertiary/aromatic N) is 2. The summed E-state index contributed by atoms with van der Waals surface area (Å²) in [6.07, 6.45) is 4.61. The zero-order valence-electron chi connectivity index (χ0n) is 3.71. The molecule has 7 heavy (non-hydrogen) atoms. The van der Waals surface area contributed by atoms with Crippen molar-refractivity contribution in [3.8, 4) is 0 Å². The van der Waals surface area contributed by atoms with Crippen molar-refractivity contribution >= 4 is 35.3 Å². The van der Waals surface area contributed by atoms with Crippen LogP contribution >= 0.6 is 22.9 Å². The van der Waals surface area contributed by atoms with Crippen molar-refractivity contribution in [2.75, 3.05) is 0 Å². The first-order chi connectivity index (χ1) is 3.41. The highest BCUT2D eigenvalue weighted by Crippen LogP contribution is 1.74. The summed E-state index contributed by atoms with van der Waals surface area (Å²) in [7, 11) is 0. The summed E-state index contributed by atoms with van der Waals surface area (Å²) in [4.78, 5) is 3.65. The predicted octanol–water partition coefficient (Wildman–Crippen LogP) is 1.62. The van der Waals surface area contributed by atoms with E-state index in [-0.39, 0.29) is 0 Å². The number of hydrogen-bond acceptors (Lipinski definition) is 2. The molecule has 0 saturated heterocycles. The Labute approximate surface area is 56.6 Å². The number of hydrogen-bond donors (Lipinski definition) is 0. The molecule has 0 aromatic heterocycles. The first-order valence-electron chi connectivity index (χ1n) is 1.69. The Morgan fingerprint density at radius 3 is 2.57 bits per heavy atom. The summed E-state index contributed by atoms with van der Waals surface area (Å²) in [5, 5.41) is 0. The molecular weight excluding hydrogens is 203 g/mol. The first kappa shape index (κ1) is 6.81. The molecule has 0 fully saturated rings. The molecule has 0 radical (unpaired) electrons. The fourth-order valence-corrected chi connectivity index (χ4v) is 0.268. The second-order valence-electron chi connectivity index (χ2n) is 0.727. The van der Waals surface area contributed by atoms with Crippen molar-refractivity contribution in [2.45, 2.75) is 0 Å². The Morgan fingerprint density at radius 2 is 2.14 bits per heavy atom. The summed E-state index contributed by atoms with van der Waals surface area (Å²) in [5.74, 6) is 0. The van der Waals surface area contributed by atoms with Crippen molar-refractivity contribution in [1.82, 2.24) is 0 Å². The normalized spacial score (nSPS) is 11.0. The lowest BCUT2D eigenvalue weighted by molar-refractivity contribution is 1.64. The standard InChI is InChI=1S/C4H5IN2/c1-2-6-3-4-7-5/h2-4H,1H2/b6-3-,7-4-. The van der Waals surface area contributed by atoms with Crippen LogP contribution < -0.4 is 0 Å². The third-order valence-electron chi connectivity index (χ3n) is 0.314. The average Bonchev–Trinajstić information content (AvgIpc) is 1.69. The maximum Gasteiger partial charge on any atom is 0.0831 e. The Kier molecular flexibility index (Phi) is 5.65. The molecule has 0 rings (SSSR count). The van der Waals surface area contributed by atoms with Crippen LogP contribution in [-0.2, 0) is 0 Å². The van der Waals surface area contributed by atoms with Crippen LogP contribution in [0, 0.1) is 0 Å². The van der Waals surface area contributed by atoms with E-state index in [1.807, 2.05) is 22.9 Å². The molecule has 0 heterocycles. The molecule has 0 aromatic rings. The van der Waals surface area contributed by atoms with Gasteiger partial charge in [0.1, 0.15) is 0 Å². The van der Waals surface area contributed by atoms with Gasteiger partial charge >= 0.3 is 0 Å². The SMILES string of the molecule is C=C/N=C\C=N/I. The largest absolute Gasteiger partial charge is 0.264 e. The van der Waals surface area contributed by atoms with Crippen molar-refractivity contribution < 1.29 is 0 Å². The fourth-order valence-electron chi connectivity index (χ4n) is 0.125. The van der Waals surface area contributed by atoms with Gasteiger partial charge in [-0.2, -0.15) is 0 Å². The monoisotopic (exact) mass is 208 g/mol. The Bertz CT molecular complexity index is 95.9. The van der Waals surface area contributed by atoms with Crippen LogP contribution in [-0.4, -0.2) is 12.4 Å². The molecule has 0 amide bonds. The van der Waals surface area contributed by atoms with Gasteiger partial charge in [-0.05, 0) is 0 Å². The van der Waals surface area contributed by atoms with E-state index in [4.69, 9.17) is 0 Å². The molecule has 0 aliphatic carbocycles. The minimum atomic E-state index is 1.46. The van der Waals surface area contributed by atoms with Crippen molar-refractivity contribution in [1.29, 1.82) is 0 Å². The average molecular weight is 208 g/mol. The van der Waals surface area contributed by atoms with Gasteiger partial charge in [0.25, 0.3) is 0 Å². The molecule has 0 aliphatic heterocycles. The maximum atomic E-state index is 3.65. The van der Waals surface area contributed by atoms with Gasteiger partial charge in [-0.3, -0.25) is 4.99 Å². The molecule has 0 atom stereocenters. The maximum absolute atomic E-state index is 3.65. The van der Waals surface area contributed by atoms with E-state index in [1.165, 1.54) is 6.20 Å². The van der Waals surface area contributed by atoms with Crippen LogP contribution in [0.4, 0.5) is 0 Å². The summed E-state index contributed by atoms with van der Waals surface area (Å²) >= 11 is 1.87. The molecule has 0 saturated carbocycles. The summed E-state index contributed by atoms with van der Waals surface area (Å²) in [5.41, 5.74) is 0. The molecule has 0 aliphatic rings. The van der Waals surface area contributed by atoms with E-state index < -0.39 is 0 Å². The van der Waals surface area contributed by atoms with E-state index in [0.29, 0.717) is 0 Å². The van der Waals surface area contributed by atoms with Crippen LogP contribution in [0.5, 0.6) is 0 Å². The van der Waals surface area contributed by atoms with Gasteiger partial charge < -0.3 is 0 Å². The number of rotatable bonds is 2. The highest BCUT2D eigenvalue weighted by Gasteiger charge is 1.54. The fraction of sp³-hybridized carbons (Fsp3) is 0. The Balaban J connectivity index is 3.27. The van der Waals surface area contributed by atoms with Crippen LogP contribution in [0.3, 0.4) is 0 Å².